The number of carbonyl (C=O) groups is 2. The molecule has 0 fully saturated rings. The van der Waals surface area contributed by atoms with E-state index >= 15 is 0 Å². The number of aliphatic hydroxyl groups is 4. The first kappa shape index (κ1) is 26.4. The van der Waals surface area contributed by atoms with E-state index in [2.05, 4.69) is 0 Å². The van der Waals surface area contributed by atoms with E-state index in [1.54, 1.807) is 60.7 Å². The van der Waals surface area contributed by atoms with Crippen molar-refractivity contribution < 1.29 is 40.2 Å². The van der Waals surface area contributed by atoms with Crippen molar-refractivity contribution >= 4 is 11.9 Å². The summed E-state index contributed by atoms with van der Waals surface area (Å²) in [7, 11) is 0. The average Bonchev–Trinajstić information content (AvgIpc) is 2.70. The molecule has 8 heteroatoms. The molecule has 0 bridgehead atoms. The van der Waals surface area contributed by atoms with Crippen molar-refractivity contribution in [2.75, 3.05) is 19.8 Å². The largest absolute Gasteiger partial charge is 0.478 e. The van der Waals surface area contributed by atoms with E-state index in [-0.39, 0.29) is 19.8 Å². The Kier molecular flexibility index (Phi) is 17.7. The van der Waals surface area contributed by atoms with Crippen LogP contribution in [0.5, 0.6) is 0 Å². The maximum atomic E-state index is 10.2. The zero-order chi connectivity index (χ0) is 21.1. The van der Waals surface area contributed by atoms with Gasteiger partial charge in [0.25, 0.3) is 0 Å². The number of aliphatic hydroxyl groups excluding tert-OH is 4. The average molecular weight is 382 g/mol. The number of hydrogen-bond donors (Lipinski definition) is 6. The van der Waals surface area contributed by atoms with Gasteiger partial charge in [0.15, 0.2) is 0 Å². The molecule has 150 valence electrons. The number of benzene rings is 2. The van der Waals surface area contributed by atoms with Gasteiger partial charge in [0.05, 0.1) is 37.1 Å². The van der Waals surface area contributed by atoms with Crippen LogP contribution in [0, 0.1) is 0 Å². The third kappa shape index (κ3) is 17.8. The minimum absolute atomic E-state index is 0.125. The van der Waals surface area contributed by atoms with Crippen LogP contribution in [-0.4, -0.2) is 68.5 Å². The van der Waals surface area contributed by atoms with Crippen molar-refractivity contribution in [1.82, 2.24) is 0 Å². The lowest BCUT2D eigenvalue weighted by Crippen LogP contribution is -2.03. The fourth-order valence-corrected chi connectivity index (χ4v) is 1.16. The van der Waals surface area contributed by atoms with Crippen molar-refractivity contribution in [2.45, 2.75) is 13.0 Å². The monoisotopic (exact) mass is 382 g/mol. The molecule has 0 radical (unpaired) electrons. The summed E-state index contributed by atoms with van der Waals surface area (Å²) in [5.74, 6) is -1.76. The van der Waals surface area contributed by atoms with Crippen LogP contribution in [0.15, 0.2) is 60.7 Å². The summed E-state index contributed by atoms with van der Waals surface area (Å²) in [6.45, 7) is 1.14. The van der Waals surface area contributed by atoms with E-state index in [9.17, 15) is 9.59 Å². The highest BCUT2D eigenvalue weighted by Gasteiger charge is 1.97. The third-order valence-corrected chi connectivity index (χ3v) is 2.41. The quantitative estimate of drug-likeness (QED) is 0.459. The molecule has 0 aromatic heterocycles. The topological polar surface area (TPSA) is 156 Å². The Morgan fingerprint density at radius 2 is 1.00 bits per heavy atom. The van der Waals surface area contributed by atoms with E-state index in [0.717, 1.165) is 0 Å². The van der Waals surface area contributed by atoms with Crippen molar-refractivity contribution in [3.05, 3.63) is 71.8 Å². The van der Waals surface area contributed by atoms with Gasteiger partial charge < -0.3 is 30.6 Å². The highest BCUT2D eigenvalue weighted by atomic mass is 16.4. The van der Waals surface area contributed by atoms with E-state index in [4.69, 9.17) is 30.6 Å². The molecule has 0 amide bonds. The highest BCUT2D eigenvalue weighted by molar-refractivity contribution is 5.87. The Balaban J connectivity index is 0. The van der Waals surface area contributed by atoms with E-state index in [1.165, 1.54) is 6.92 Å². The first-order chi connectivity index (χ1) is 12.8. The minimum Gasteiger partial charge on any atom is -0.478 e. The van der Waals surface area contributed by atoms with Crippen molar-refractivity contribution in [2.24, 2.45) is 0 Å². The third-order valence-electron chi connectivity index (χ3n) is 2.41. The van der Waals surface area contributed by atoms with Crippen molar-refractivity contribution in [3.63, 3.8) is 0 Å². The molecule has 2 aromatic rings. The second kappa shape index (κ2) is 18.0. The molecular weight excluding hydrogens is 356 g/mol. The van der Waals surface area contributed by atoms with Gasteiger partial charge in [0, 0.05) is 0 Å². The van der Waals surface area contributed by atoms with Gasteiger partial charge in [-0.3, -0.25) is 0 Å². The molecule has 2 aromatic carbocycles. The summed E-state index contributed by atoms with van der Waals surface area (Å²) in [5.41, 5.74) is 0.662. The number of rotatable bonds is 4. The lowest BCUT2D eigenvalue weighted by atomic mass is 10.2. The fourth-order valence-electron chi connectivity index (χ4n) is 1.16. The Bertz CT molecular complexity index is 548. The maximum absolute atomic E-state index is 10.2. The molecule has 8 nitrogen and oxygen atoms in total. The maximum Gasteiger partial charge on any atom is 0.335 e. The van der Waals surface area contributed by atoms with Gasteiger partial charge in [-0.25, -0.2) is 9.59 Å². The first-order valence-electron chi connectivity index (χ1n) is 7.87. The number of carboxylic acids is 2. The van der Waals surface area contributed by atoms with Gasteiger partial charge in [0.2, 0.25) is 0 Å². The molecule has 0 aliphatic carbocycles. The highest BCUT2D eigenvalue weighted by Crippen LogP contribution is 1.96. The Morgan fingerprint density at radius 1 is 0.741 bits per heavy atom. The molecule has 6 N–H and O–H groups in total. The summed E-state index contributed by atoms with van der Waals surface area (Å²) in [4.78, 5) is 20.4. The van der Waals surface area contributed by atoms with Crippen LogP contribution < -0.4 is 0 Å². The molecule has 0 heterocycles. The number of carboxylic acid groups (broad SMARTS) is 2. The first-order valence-corrected chi connectivity index (χ1v) is 7.87. The molecule has 2 rings (SSSR count). The number of aromatic carboxylic acids is 2. The van der Waals surface area contributed by atoms with Gasteiger partial charge in [-0.05, 0) is 31.2 Å². The normalized spacial score (nSPS) is 9.81. The van der Waals surface area contributed by atoms with Gasteiger partial charge in [-0.2, -0.15) is 0 Å². The minimum atomic E-state index is -0.879. The lowest BCUT2D eigenvalue weighted by molar-refractivity contribution is 0.0686. The number of hydrogen-bond acceptors (Lipinski definition) is 6. The Morgan fingerprint density at radius 3 is 1.11 bits per heavy atom. The van der Waals surface area contributed by atoms with Crippen LogP contribution in [0.2, 0.25) is 0 Å². The molecule has 1 unspecified atom stereocenters. The smallest absolute Gasteiger partial charge is 0.335 e. The summed E-state index contributed by atoms with van der Waals surface area (Å²) in [5, 5.41) is 48.0. The Hall–Kier alpha value is -2.78. The van der Waals surface area contributed by atoms with E-state index < -0.39 is 18.0 Å². The van der Waals surface area contributed by atoms with Crippen LogP contribution in [0.25, 0.3) is 0 Å². The molecule has 0 aliphatic rings. The second-order valence-electron chi connectivity index (χ2n) is 4.82. The molecule has 0 saturated carbocycles. The molecular formula is C19H26O8. The molecule has 1 atom stereocenters. The van der Waals surface area contributed by atoms with Gasteiger partial charge >= 0.3 is 11.9 Å². The van der Waals surface area contributed by atoms with Gasteiger partial charge in [0.1, 0.15) is 0 Å². The van der Waals surface area contributed by atoms with Crippen molar-refractivity contribution in [1.29, 1.82) is 0 Å². The lowest BCUT2D eigenvalue weighted by Gasteiger charge is -1.90. The zero-order valence-electron chi connectivity index (χ0n) is 15.0. The van der Waals surface area contributed by atoms with Gasteiger partial charge in [-0.15, -0.1) is 0 Å². The summed E-state index contributed by atoms with van der Waals surface area (Å²) in [6, 6.07) is 16.6. The summed E-state index contributed by atoms with van der Waals surface area (Å²) >= 11 is 0. The standard InChI is InChI=1S/2C7H6O2.C3H8O2.C2H6O2/c2*8-7(9)6-4-2-1-3-5-6;1-3(5)2-4;3-1-2-4/h2*1-5H,(H,8,9);3-5H,2H2,1H3;3-4H,1-2H2. The SMILES string of the molecule is CC(O)CO.O=C(O)c1ccccc1.O=C(O)c1ccccc1.OCCO. The predicted octanol–water partition coefficient (Wildman–Crippen LogP) is 1.10. The van der Waals surface area contributed by atoms with Crippen LogP contribution in [0.4, 0.5) is 0 Å². The van der Waals surface area contributed by atoms with E-state index in [1.807, 2.05) is 0 Å². The van der Waals surface area contributed by atoms with Crippen LogP contribution in [0.1, 0.15) is 27.6 Å². The molecule has 0 spiro atoms. The zero-order valence-corrected chi connectivity index (χ0v) is 15.0. The van der Waals surface area contributed by atoms with Crippen LogP contribution >= 0.6 is 0 Å². The van der Waals surface area contributed by atoms with E-state index in [0.29, 0.717) is 11.1 Å². The molecule has 27 heavy (non-hydrogen) atoms. The predicted molar refractivity (Wildman–Crippen MR) is 99.7 cm³/mol. The molecule has 0 saturated heterocycles. The van der Waals surface area contributed by atoms with Crippen molar-refractivity contribution in [3.8, 4) is 0 Å². The van der Waals surface area contributed by atoms with Crippen LogP contribution in [0.3, 0.4) is 0 Å². The Labute approximate surface area is 157 Å². The molecule has 0 aliphatic heterocycles. The second-order valence-corrected chi connectivity index (χ2v) is 4.82. The van der Waals surface area contributed by atoms with Crippen LogP contribution in [-0.2, 0) is 0 Å². The summed E-state index contributed by atoms with van der Waals surface area (Å²) in [6.07, 6.45) is -0.560. The van der Waals surface area contributed by atoms with Gasteiger partial charge in [-0.1, -0.05) is 36.4 Å². The summed E-state index contributed by atoms with van der Waals surface area (Å²) < 4.78 is 0. The fraction of sp³-hybridized carbons (Fsp3) is 0.263.